The monoisotopic (exact) mass is 278 g/mol. The van der Waals surface area contributed by atoms with E-state index in [1.54, 1.807) is 7.11 Å². The minimum atomic E-state index is 0.653. The van der Waals surface area contributed by atoms with E-state index in [1.165, 1.54) is 5.56 Å². The Kier molecular flexibility index (Phi) is 4.15. The zero-order valence-electron chi connectivity index (χ0n) is 11.8. The molecule has 1 N–H and O–H groups in total. The average Bonchev–Trinajstić information content (AvgIpc) is 2.40. The molecule has 0 aliphatic rings. The van der Waals surface area contributed by atoms with E-state index in [-0.39, 0.29) is 0 Å². The third-order valence-electron chi connectivity index (χ3n) is 3.29. The lowest BCUT2D eigenvalue weighted by Gasteiger charge is -2.17. The summed E-state index contributed by atoms with van der Waals surface area (Å²) in [7, 11) is 1.67. The molecule has 0 spiro atoms. The molecule has 102 valence electrons. The fourth-order valence-corrected chi connectivity index (χ4v) is 2.64. The predicted molar refractivity (Wildman–Crippen MR) is 81.6 cm³/mol. The first-order chi connectivity index (χ1) is 9.13. The molecule has 0 atom stereocenters. The van der Waals surface area contributed by atoms with E-state index in [2.05, 4.69) is 24.1 Å². The van der Waals surface area contributed by atoms with Crippen LogP contribution in [0.2, 0.25) is 5.02 Å². The van der Waals surface area contributed by atoms with Gasteiger partial charge in [0.05, 0.1) is 28.7 Å². The molecule has 0 amide bonds. The van der Waals surface area contributed by atoms with Gasteiger partial charge in [0, 0.05) is 12.2 Å². The Morgan fingerprint density at radius 2 is 2.05 bits per heavy atom. The van der Waals surface area contributed by atoms with Gasteiger partial charge in [-0.2, -0.15) is 0 Å². The molecule has 2 aromatic rings. The number of hydrogen-bond acceptors (Lipinski definition) is 3. The van der Waals surface area contributed by atoms with Gasteiger partial charge in [0.15, 0.2) is 0 Å². The Balaban J connectivity index is 2.92. The maximum Gasteiger partial charge on any atom is 0.130 e. The van der Waals surface area contributed by atoms with Crippen molar-refractivity contribution in [2.24, 2.45) is 0 Å². The highest BCUT2D eigenvalue weighted by atomic mass is 35.5. The van der Waals surface area contributed by atoms with Gasteiger partial charge in [-0.1, -0.05) is 18.5 Å². The molecule has 0 fully saturated rings. The summed E-state index contributed by atoms with van der Waals surface area (Å²) < 4.78 is 5.47. The number of nitrogens with one attached hydrogen (secondary N) is 1. The number of fused-ring (bicyclic) bond motifs is 1. The molecule has 19 heavy (non-hydrogen) atoms. The number of ether oxygens (including phenoxy) is 1. The second-order valence-electron chi connectivity index (χ2n) is 4.41. The van der Waals surface area contributed by atoms with Crippen LogP contribution in [0.3, 0.4) is 0 Å². The second-order valence-corrected chi connectivity index (χ2v) is 4.82. The second kappa shape index (κ2) is 5.66. The predicted octanol–water partition coefficient (Wildman–Crippen LogP) is 4.20. The summed E-state index contributed by atoms with van der Waals surface area (Å²) in [5, 5.41) is 5.06. The highest BCUT2D eigenvalue weighted by Crippen LogP contribution is 2.38. The fourth-order valence-electron chi connectivity index (χ4n) is 2.44. The molecule has 3 nitrogen and oxygen atoms in total. The third-order valence-corrected chi connectivity index (χ3v) is 3.59. The molecule has 0 saturated carbocycles. The number of anilines is 1. The van der Waals surface area contributed by atoms with Gasteiger partial charge in [-0.05, 0) is 38.0 Å². The summed E-state index contributed by atoms with van der Waals surface area (Å²) in [6, 6.07) is 3.72. The maximum absolute atomic E-state index is 6.28. The van der Waals surface area contributed by atoms with Crippen LogP contribution in [0.1, 0.15) is 25.1 Å². The maximum atomic E-state index is 6.28. The zero-order chi connectivity index (χ0) is 14.0. The quantitative estimate of drug-likeness (QED) is 0.910. The number of aryl methyl sites for hydroxylation is 1. The first-order valence-electron chi connectivity index (χ1n) is 6.53. The van der Waals surface area contributed by atoms with Crippen LogP contribution >= 0.6 is 11.6 Å². The van der Waals surface area contributed by atoms with E-state index < -0.39 is 0 Å². The van der Waals surface area contributed by atoms with Gasteiger partial charge in [0.25, 0.3) is 0 Å². The minimum Gasteiger partial charge on any atom is -0.496 e. The van der Waals surface area contributed by atoms with E-state index in [0.717, 1.165) is 41.0 Å². The summed E-state index contributed by atoms with van der Waals surface area (Å²) in [4.78, 5) is 4.65. The van der Waals surface area contributed by atoms with Crippen molar-refractivity contribution in [1.29, 1.82) is 0 Å². The van der Waals surface area contributed by atoms with Gasteiger partial charge in [0.2, 0.25) is 0 Å². The summed E-state index contributed by atoms with van der Waals surface area (Å²) in [5.41, 5.74) is 4.12. The number of halogens is 1. The molecule has 1 heterocycles. The van der Waals surface area contributed by atoms with Crippen LogP contribution in [-0.4, -0.2) is 18.6 Å². The highest BCUT2D eigenvalue weighted by Gasteiger charge is 2.16. The minimum absolute atomic E-state index is 0.653. The fraction of sp³-hybridized carbons (Fsp3) is 0.400. The van der Waals surface area contributed by atoms with E-state index in [9.17, 15) is 0 Å². The molecule has 1 aromatic carbocycles. The Labute approximate surface area is 118 Å². The standard InChI is InChI=1S/C15H19ClN2O/c1-5-10-9(3)18-15-11(16)7-8-12(19-4)13(15)14(10)17-6-2/h7-8H,5-6H2,1-4H3,(H,17,18). The molecule has 0 aliphatic heterocycles. The van der Waals surface area contributed by atoms with E-state index in [4.69, 9.17) is 16.3 Å². The van der Waals surface area contributed by atoms with Crippen molar-refractivity contribution in [3.05, 3.63) is 28.4 Å². The van der Waals surface area contributed by atoms with Gasteiger partial charge in [-0.3, -0.25) is 4.98 Å². The first kappa shape index (κ1) is 13.9. The largest absolute Gasteiger partial charge is 0.496 e. The molecule has 0 aliphatic carbocycles. The zero-order valence-corrected chi connectivity index (χ0v) is 12.6. The van der Waals surface area contributed by atoms with Crippen LogP contribution in [0.5, 0.6) is 5.75 Å². The summed E-state index contributed by atoms with van der Waals surface area (Å²) in [5.74, 6) is 0.803. The van der Waals surface area contributed by atoms with Gasteiger partial charge >= 0.3 is 0 Å². The average molecular weight is 279 g/mol. The van der Waals surface area contributed by atoms with Crippen LogP contribution in [0, 0.1) is 6.92 Å². The topological polar surface area (TPSA) is 34.2 Å². The summed E-state index contributed by atoms with van der Waals surface area (Å²) in [6.45, 7) is 7.09. The van der Waals surface area contributed by atoms with Crippen LogP contribution in [0.15, 0.2) is 12.1 Å². The van der Waals surface area contributed by atoms with E-state index >= 15 is 0 Å². The number of benzene rings is 1. The molecular formula is C15H19ClN2O. The Bertz CT molecular complexity index is 611. The number of hydrogen-bond donors (Lipinski definition) is 1. The molecule has 0 radical (unpaired) electrons. The first-order valence-corrected chi connectivity index (χ1v) is 6.91. The Morgan fingerprint density at radius 1 is 1.32 bits per heavy atom. The van der Waals surface area contributed by atoms with Crippen molar-refractivity contribution in [3.63, 3.8) is 0 Å². The number of methoxy groups -OCH3 is 1. The molecule has 1 aromatic heterocycles. The third kappa shape index (κ3) is 2.35. The number of pyridine rings is 1. The lowest BCUT2D eigenvalue weighted by molar-refractivity contribution is 0.420. The van der Waals surface area contributed by atoms with Crippen LogP contribution in [0.25, 0.3) is 10.9 Å². The van der Waals surface area contributed by atoms with Crippen molar-refractivity contribution in [3.8, 4) is 5.75 Å². The van der Waals surface area contributed by atoms with Crippen molar-refractivity contribution < 1.29 is 4.74 Å². The van der Waals surface area contributed by atoms with Gasteiger partial charge < -0.3 is 10.1 Å². The molecular weight excluding hydrogens is 260 g/mol. The van der Waals surface area contributed by atoms with Crippen LogP contribution < -0.4 is 10.1 Å². The molecule has 4 heteroatoms. The normalized spacial score (nSPS) is 10.8. The van der Waals surface area contributed by atoms with Crippen molar-refractivity contribution in [2.45, 2.75) is 27.2 Å². The summed E-state index contributed by atoms with van der Waals surface area (Å²) in [6.07, 6.45) is 0.923. The smallest absolute Gasteiger partial charge is 0.130 e. The SMILES string of the molecule is CCNc1c(CC)c(C)nc2c(Cl)ccc(OC)c12. The molecule has 2 rings (SSSR count). The molecule has 0 saturated heterocycles. The van der Waals surface area contributed by atoms with E-state index in [1.807, 2.05) is 19.1 Å². The highest BCUT2D eigenvalue weighted by molar-refractivity contribution is 6.35. The van der Waals surface area contributed by atoms with Gasteiger partial charge in [-0.25, -0.2) is 0 Å². The van der Waals surface area contributed by atoms with Crippen LogP contribution in [-0.2, 0) is 6.42 Å². The van der Waals surface area contributed by atoms with Crippen molar-refractivity contribution in [2.75, 3.05) is 19.0 Å². The number of aromatic nitrogens is 1. The van der Waals surface area contributed by atoms with Gasteiger partial charge in [-0.15, -0.1) is 0 Å². The number of nitrogens with zero attached hydrogens (tertiary/aromatic N) is 1. The Hall–Kier alpha value is -1.48. The lowest BCUT2D eigenvalue weighted by atomic mass is 10.0. The van der Waals surface area contributed by atoms with Crippen molar-refractivity contribution in [1.82, 2.24) is 4.98 Å². The van der Waals surface area contributed by atoms with Crippen LogP contribution in [0.4, 0.5) is 5.69 Å². The van der Waals surface area contributed by atoms with Crippen molar-refractivity contribution >= 4 is 28.2 Å². The van der Waals surface area contributed by atoms with E-state index in [0.29, 0.717) is 5.02 Å². The summed E-state index contributed by atoms with van der Waals surface area (Å²) >= 11 is 6.28. The lowest BCUT2D eigenvalue weighted by Crippen LogP contribution is -2.06. The molecule has 0 bridgehead atoms. The molecule has 0 unspecified atom stereocenters. The number of rotatable bonds is 4. The Morgan fingerprint density at radius 3 is 2.63 bits per heavy atom. The van der Waals surface area contributed by atoms with Gasteiger partial charge in [0.1, 0.15) is 5.75 Å².